The van der Waals surface area contributed by atoms with Crippen LogP contribution in [0, 0.1) is 12.3 Å². The molecule has 1 aliphatic rings. The summed E-state index contributed by atoms with van der Waals surface area (Å²) in [4.78, 5) is 24.9. The Hall–Kier alpha value is -3.67. The minimum Gasteiger partial charge on any atom is -0.475 e. The van der Waals surface area contributed by atoms with Crippen molar-refractivity contribution in [3.8, 4) is 0 Å². The summed E-state index contributed by atoms with van der Waals surface area (Å²) < 4.78 is 5.66. The molecule has 4 rings (SSSR count). The Labute approximate surface area is 187 Å². The molecule has 0 saturated heterocycles. The largest absolute Gasteiger partial charge is 0.475 e. The topological polar surface area (TPSA) is 91.9 Å². The number of carboxylic acids is 1. The van der Waals surface area contributed by atoms with Gasteiger partial charge in [-0.1, -0.05) is 74.5 Å². The van der Waals surface area contributed by atoms with E-state index in [1.165, 1.54) is 0 Å². The number of amides is 1. The Balaban J connectivity index is 1.70. The third kappa shape index (κ3) is 4.21. The number of furan rings is 1. The SMILES string of the molecule is Cc1c(C(=O)O)oc2c1/C(=N/NC(=O)C(c1ccccc1)c1ccccc1)CC(C)(C)C2. The summed E-state index contributed by atoms with van der Waals surface area (Å²) in [5.41, 5.74) is 6.19. The Morgan fingerprint density at radius 3 is 2.09 bits per heavy atom. The number of fused-ring (bicyclic) bond motifs is 1. The molecule has 1 amide bonds. The predicted octanol–water partition coefficient (Wildman–Crippen LogP) is 4.91. The standard InChI is InChI=1S/C26H26N2O4/c1-16-21-19(14-26(2,3)15-20(21)32-23(16)25(30)31)27-28-24(29)22(17-10-6-4-7-11-17)18-12-8-5-9-13-18/h4-13,22H,14-15H2,1-3H3,(H,28,29)(H,30,31)/b27-19+. The number of aromatic carboxylic acids is 1. The van der Waals surface area contributed by atoms with Gasteiger partial charge in [0.25, 0.3) is 5.91 Å². The van der Waals surface area contributed by atoms with Crippen LogP contribution in [0.5, 0.6) is 0 Å². The van der Waals surface area contributed by atoms with Gasteiger partial charge in [0, 0.05) is 17.5 Å². The van der Waals surface area contributed by atoms with E-state index in [9.17, 15) is 14.7 Å². The zero-order valence-corrected chi connectivity index (χ0v) is 18.4. The van der Waals surface area contributed by atoms with E-state index in [1.807, 2.05) is 60.7 Å². The second-order valence-corrected chi connectivity index (χ2v) is 8.97. The highest BCUT2D eigenvalue weighted by Crippen LogP contribution is 2.39. The normalized spacial score (nSPS) is 16.1. The van der Waals surface area contributed by atoms with Gasteiger partial charge in [-0.3, -0.25) is 4.79 Å². The number of carbonyl (C=O) groups is 2. The van der Waals surface area contributed by atoms with Crippen LogP contribution < -0.4 is 5.43 Å². The summed E-state index contributed by atoms with van der Waals surface area (Å²) in [7, 11) is 0. The van der Waals surface area contributed by atoms with Gasteiger partial charge in [0.1, 0.15) is 5.76 Å². The zero-order chi connectivity index (χ0) is 22.9. The maximum absolute atomic E-state index is 13.3. The fraction of sp³-hybridized carbons (Fsp3) is 0.269. The van der Waals surface area contributed by atoms with Crippen molar-refractivity contribution in [2.75, 3.05) is 0 Å². The first-order valence-corrected chi connectivity index (χ1v) is 10.6. The highest BCUT2D eigenvalue weighted by atomic mass is 16.4. The molecule has 6 heteroatoms. The van der Waals surface area contributed by atoms with Crippen LogP contribution in [0.2, 0.25) is 0 Å². The molecule has 6 nitrogen and oxygen atoms in total. The average Bonchev–Trinajstić information content (AvgIpc) is 3.09. The van der Waals surface area contributed by atoms with Gasteiger partial charge in [0.05, 0.1) is 11.6 Å². The summed E-state index contributed by atoms with van der Waals surface area (Å²) in [6, 6.07) is 19.1. The smallest absolute Gasteiger partial charge is 0.372 e. The minimum absolute atomic E-state index is 0.0711. The summed E-state index contributed by atoms with van der Waals surface area (Å²) in [6.45, 7) is 5.86. The van der Waals surface area contributed by atoms with Crippen LogP contribution in [-0.2, 0) is 11.2 Å². The third-order valence-electron chi connectivity index (χ3n) is 5.82. The van der Waals surface area contributed by atoms with E-state index in [1.54, 1.807) is 6.92 Å². The number of rotatable bonds is 5. The van der Waals surface area contributed by atoms with Crippen molar-refractivity contribution < 1.29 is 19.1 Å². The fourth-order valence-electron chi connectivity index (χ4n) is 4.39. The van der Waals surface area contributed by atoms with Crippen LogP contribution in [0.15, 0.2) is 70.2 Å². The summed E-state index contributed by atoms with van der Waals surface area (Å²) in [5.74, 6) is -1.34. The van der Waals surface area contributed by atoms with Crippen molar-refractivity contribution in [3.63, 3.8) is 0 Å². The van der Waals surface area contributed by atoms with E-state index in [-0.39, 0.29) is 17.1 Å². The van der Waals surface area contributed by atoms with Gasteiger partial charge < -0.3 is 9.52 Å². The Kier molecular flexibility index (Phi) is 5.70. The molecule has 0 radical (unpaired) electrons. The van der Waals surface area contributed by atoms with Crippen molar-refractivity contribution in [1.29, 1.82) is 0 Å². The van der Waals surface area contributed by atoms with Crippen LogP contribution in [0.25, 0.3) is 0 Å². The second-order valence-electron chi connectivity index (χ2n) is 8.97. The van der Waals surface area contributed by atoms with Crippen LogP contribution in [0.4, 0.5) is 0 Å². The molecule has 0 unspecified atom stereocenters. The molecule has 0 spiro atoms. The monoisotopic (exact) mass is 430 g/mol. The molecule has 0 fully saturated rings. The van der Waals surface area contributed by atoms with Crippen molar-refractivity contribution in [3.05, 3.63) is 94.4 Å². The lowest BCUT2D eigenvalue weighted by atomic mass is 9.75. The molecule has 164 valence electrons. The maximum atomic E-state index is 13.3. The molecule has 1 heterocycles. The van der Waals surface area contributed by atoms with E-state index in [0.29, 0.717) is 35.4 Å². The van der Waals surface area contributed by atoms with E-state index >= 15 is 0 Å². The number of benzene rings is 2. The van der Waals surface area contributed by atoms with Crippen molar-refractivity contribution in [2.24, 2.45) is 10.5 Å². The predicted molar refractivity (Wildman–Crippen MR) is 122 cm³/mol. The number of hydrazone groups is 1. The van der Waals surface area contributed by atoms with Gasteiger partial charge in [-0.15, -0.1) is 0 Å². The lowest BCUT2D eigenvalue weighted by Gasteiger charge is -2.29. The van der Waals surface area contributed by atoms with Gasteiger partial charge in [0.2, 0.25) is 5.76 Å². The summed E-state index contributed by atoms with van der Waals surface area (Å²) >= 11 is 0. The molecule has 1 aromatic heterocycles. The van der Waals surface area contributed by atoms with E-state index in [0.717, 1.165) is 11.1 Å². The van der Waals surface area contributed by atoms with Gasteiger partial charge in [-0.25, -0.2) is 10.2 Å². The van der Waals surface area contributed by atoms with Crippen LogP contribution in [0.1, 0.15) is 64.8 Å². The quantitative estimate of drug-likeness (QED) is 0.563. The van der Waals surface area contributed by atoms with E-state index in [2.05, 4.69) is 24.4 Å². The zero-order valence-electron chi connectivity index (χ0n) is 18.4. The number of carbonyl (C=O) groups excluding carboxylic acids is 1. The first-order valence-electron chi connectivity index (χ1n) is 10.6. The lowest BCUT2D eigenvalue weighted by molar-refractivity contribution is -0.121. The number of nitrogens with zero attached hydrogens (tertiary/aromatic N) is 1. The summed E-state index contributed by atoms with van der Waals surface area (Å²) in [5, 5.41) is 14.0. The van der Waals surface area contributed by atoms with Gasteiger partial charge >= 0.3 is 5.97 Å². The lowest BCUT2D eigenvalue weighted by Crippen LogP contribution is -2.31. The van der Waals surface area contributed by atoms with Crippen molar-refractivity contribution >= 4 is 17.6 Å². The highest BCUT2D eigenvalue weighted by Gasteiger charge is 2.36. The fourth-order valence-corrected chi connectivity index (χ4v) is 4.39. The highest BCUT2D eigenvalue weighted by molar-refractivity contribution is 6.06. The molecule has 3 aromatic rings. The Morgan fingerprint density at radius 2 is 1.56 bits per heavy atom. The molecular formula is C26H26N2O4. The molecule has 1 aliphatic carbocycles. The Morgan fingerprint density at radius 1 is 1.00 bits per heavy atom. The first kappa shape index (κ1) is 21.6. The molecule has 32 heavy (non-hydrogen) atoms. The molecule has 2 N–H and O–H groups in total. The molecule has 0 atom stereocenters. The first-order chi connectivity index (χ1) is 15.3. The summed E-state index contributed by atoms with van der Waals surface area (Å²) in [6.07, 6.45) is 1.21. The van der Waals surface area contributed by atoms with E-state index in [4.69, 9.17) is 4.42 Å². The average molecular weight is 431 g/mol. The molecule has 0 bridgehead atoms. The molecule has 2 aromatic carbocycles. The van der Waals surface area contributed by atoms with Gasteiger partial charge in [0.15, 0.2) is 0 Å². The third-order valence-corrected chi connectivity index (χ3v) is 5.82. The minimum atomic E-state index is -1.11. The molecule has 0 saturated carbocycles. The van der Waals surface area contributed by atoms with Gasteiger partial charge in [-0.2, -0.15) is 5.10 Å². The molecule has 0 aliphatic heterocycles. The van der Waals surface area contributed by atoms with Crippen molar-refractivity contribution in [2.45, 2.75) is 39.5 Å². The van der Waals surface area contributed by atoms with Crippen LogP contribution in [0.3, 0.4) is 0 Å². The van der Waals surface area contributed by atoms with Crippen molar-refractivity contribution in [1.82, 2.24) is 5.43 Å². The number of nitrogens with one attached hydrogen (secondary N) is 1. The molecular weight excluding hydrogens is 404 g/mol. The van der Waals surface area contributed by atoms with Crippen LogP contribution in [-0.4, -0.2) is 22.7 Å². The van der Waals surface area contributed by atoms with Gasteiger partial charge in [-0.05, 0) is 29.9 Å². The number of hydrogen-bond donors (Lipinski definition) is 2. The van der Waals surface area contributed by atoms with E-state index < -0.39 is 11.9 Å². The number of carboxylic acid groups (broad SMARTS) is 1. The maximum Gasteiger partial charge on any atom is 0.372 e. The Bertz CT molecular complexity index is 1140. The van der Waals surface area contributed by atoms with Crippen LogP contribution >= 0.6 is 0 Å². The second kappa shape index (κ2) is 8.46. The number of hydrogen-bond acceptors (Lipinski definition) is 4.